The van der Waals surface area contributed by atoms with Crippen molar-refractivity contribution in [2.45, 2.75) is 65.2 Å². The molecule has 2 saturated heterocycles. The number of nitrogens with one attached hydrogen (secondary N) is 1. The highest BCUT2D eigenvalue weighted by molar-refractivity contribution is 9.10. The topological polar surface area (TPSA) is 59.5 Å². The summed E-state index contributed by atoms with van der Waals surface area (Å²) >= 11 is 7.20. The molecule has 266 valence electrons. The van der Waals surface area contributed by atoms with Gasteiger partial charge in [-0.25, -0.2) is 0 Å². The summed E-state index contributed by atoms with van der Waals surface area (Å²) in [6, 6.07) is 13.4. The molecule has 2 fully saturated rings. The van der Waals surface area contributed by atoms with E-state index in [0.717, 1.165) is 109 Å². The monoisotopic (exact) mass is 810 g/mol. The van der Waals surface area contributed by atoms with E-state index in [9.17, 15) is 0 Å². The molecule has 0 amide bonds. The Balaban J connectivity index is 0.000000159. The molecule has 51 heavy (non-hydrogen) atoms. The first kappa shape index (κ1) is 36.1. The molecule has 4 aliphatic rings. The predicted octanol–water partition coefficient (Wildman–Crippen LogP) is 9.23. The Morgan fingerprint density at radius 1 is 0.588 bits per heavy atom. The highest BCUT2D eigenvalue weighted by Crippen LogP contribution is 2.44. The smallest absolute Gasteiger partial charge is 0.127 e. The van der Waals surface area contributed by atoms with Gasteiger partial charge in [0.15, 0.2) is 0 Å². The Morgan fingerprint density at radius 3 is 1.47 bits per heavy atom. The van der Waals surface area contributed by atoms with Gasteiger partial charge in [0.25, 0.3) is 0 Å². The Hall–Kier alpha value is -3.30. The summed E-state index contributed by atoms with van der Waals surface area (Å²) in [5.41, 5.74) is 18.4. The number of hydrogen-bond acceptors (Lipinski definition) is 6. The lowest BCUT2D eigenvalue weighted by Gasteiger charge is -2.27. The van der Waals surface area contributed by atoms with Crippen LogP contribution in [0.2, 0.25) is 0 Å². The number of methoxy groups -OCH3 is 2. The Kier molecular flexibility index (Phi) is 11.1. The molecule has 0 unspecified atom stereocenters. The highest BCUT2D eigenvalue weighted by Gasteiger charge is 2.29. The Labute approximate surface area is 320 Å². The van der Waals surface area contributed by atoms with Gasteiger partial charge in [-0.15, -0.1) is 0 Å². The van der Waals surface area contributed by atoms with Crippen LogP contribution in [0.5, 0.6) is 11.5 Å². The van der Waals surface area contributed by atoms with E-state index >= 15 is 0 Å². The third kappa shape index (κ3) is 7.61. The molecule has 4 aromatic rings. The van der Waals surface area contributed by atoms with E-state index in [1.54, 1.807) is 14.2 Å². The van der Waals surface area contributed by atoms with E-state index in [-0.39, 0.29) is 0 Å². The first-order chi connectivity index (χ1) is 24.7. The van der Waals surface area contributed by atoms with Gasteiger partial charge in [0.2, 0.25) is 0 Å². The first-order valence-corrected chi connectivity index (χ1v) is 19.8. The Bertz CT molecular complexity index is 2020. The largest absolute Gasteiger partial charge is 0.496 e. The van der Waals surface area contributed by atoms with E-state index in [1.165, 1.54) is 66.8 Å². The molecule has 8 rings (SSSR count). The number of halogens is 2. The summed E-state index contributed by atoms with van der Waals surface area (Å²) in [4.78, 5) is 12.1. The van der Waals surface area contributed by atoms with Gasteiger partial charge in [-0.2, -0.15) is 0 Å². The van der Waals surface area contributed by atoms with Crippen molar-refractivity contribution in [3.63, 3.8) is 0 Å². The second-order valence-corrected chi connectivity index (χ2v) is 16.2. The molecule has 1 N–H and O–H groups in total. The fourth-order valence-corrected chi connectivity index (χ4v) is 9.07. The van der Waals surface area contributed by atoms with Gasteiger partial charge < -0.3 is 19.7 Å². The highest BCUT2D eigenvalue weighted by atomic mass is 79.9. The normalized spacial score (nSPS) is 17.2. The maximum atomic E-state index is 5.85. The van der Waals surface area contributed by atoms with Crippen molar-refractivity contribution in [1.82, 2.24) is 20.2 Å². The van der Waals surface area contributed by atoms with Crippen LogP contribution >= 0.6 is 31.9 Å². The second-order valence-electron chi connectivity index (χ2n) is 14.3. The lowest BCUT2D eigenvalue weighted by atomic mass is 9.87. The predicted molar refractivity (Wildman–Crippen MR) is 215 cm³/mol. The molecule has 0 bridgehead atoms. The number of likely N-dealkylation sites (tertiary alicyclic amines) is 1. The Morgan fingerprint density at radius 2 is 1.02 bits per heavy atom. The van der Waals surface area contributed by atoms with Gasteiger partial charge in [0.05, 0.1) is 25.6 Å². The molecular weight excluding hydrogens is 764 g/mol. The number of aromatic nitrogens is 2. The van der Waals surface area contributed by atoms with Crippen LogP contribution in [0.25, 0.3) is 11.1 Å². The van der Waals surface area contributed by atoms with Gasteiger partial charge in [0, 0.05) is 56.7 Å². The number of benzene rings is 2. The number of rotatable bonds is 2. The lowest BCUT2D eigenvalue weighted by molar-refractivity contribution is 0.313. The fourth-order valence-electron chi connectivity index (χ4n) is 8.31. The van der Waals surface area contributed by atoms with Gasteiger partial charge in [-0.3, -0.25) is 9.97 Å². The molecule has 0 spiro atoms. The molecule has 2 aliphatic heterocycles. The number of ether oxygens (including phenoxy) is 2. The van der Waals surface area contributed by atoms with Gasteiger partial charge in [-0.05, 0) is 175 Å². The fraction of sp³-hybridized carbons (Fsp3) is 0.395. The summed E-state index contributed by atoms with van der Waals surface area (Å²) in [5.74, 6) is 1.97. The van der Waals surface area contributed by atoms with Crippen LogP contribution in [0.1, 0.15) is 81.6 Å². The summed E-state index contributed by atoms with van der Waals surface area (Å²) in [6.07, 6.45) is 12.3. The molecule has 2 aliphatic carbocycles. The van der Waals surface area contributed by atoms with E-state index in [1.807, 2.05) is 12.4 Å². The van der Waals surface area contributed by atoms with Gasteiger partial charge in [0.1, 0.15) is 11.5 Å². The van der Waals surface area contributed by atoms with Crippen LogP contribution in [0, 0.1) is 13.8 Å². The maximum absolute atomic E-state index is 5.85. The zero-order valence-corrected chi connectivity index (χ0v) is 33.7. The third-order valence-corrected chi connectivity index (χ3v) is 11.6. The van der Waals surface area contributed by atoms with Crippen molar-refractivity contribution < 1.29 is 9.47 Å². The van der Waals surface area contributed by atoms with E-state index < -0.39 is 0 Å². The molecule has 6 nitrogen and oxygen atoms in total. The standard InChI is InChI=1S/C22H25BrN2O.C21H23BrN2O/c1-14-10-16-4-5-17-12-18(23)13-24-22(17)21(20(16)19(11-14)26-3)15-6-8-25(2)9-7-15;1-13-9-15-3-4-16-11-17(22)12-24-21(16)20(14-5-7-23-8-6-14)19(15)18(10-13)25-2/h10-13H,4-9H2,1-3H3;9-12,23H,3-8H2,1-2H3. The molecule has 4 heterocycles. The van der Waals surface area contributed by atoms with Crippen LogP contribution in [0.4, 0.5) is 0 Å². The zero-order chi connectivity index (χ0) is 35.6. The zero-order valence-electron chi connectivity index (χ0n) is 30.5. The number of fused-ring (bicyclic) bond motifs is 4. The summed E-state index contributed by atoms with van der Waals surface area (Å²) in [7, 11) is 5.77. The molecule has 0 radical (unpaired) electrons. The number of nitrogens with zero attached hydrogens (tertiary/aromatic N) is 3. The third-order valence-electron chi connectivity index (χ3n) is 10.8. The van der Waals surface area contributed by atoms with Crippen molar-refractivity contribution in [1.29, 1.82) is 0 Å². The second kappa shape index (κ2) is 15.7. The molecular formula is C43H48Br2N4O2. The van der Waals surface area contributed by atoms with Crippen molar-refractivity contribution in [3.05, 3.63) is 125 Å². The quantitative estimate of drug-likeness (QED) is 0.218. The van der Waals surface area contributed by atoms with E-state index in [0.29, 0.717) is 0 Å². The molecule has 2 aromatic heterocycles. The van der Waals surface area contributed by atoms with Crippen LogP contribution in [-0.4, -0.2) is 62.3 Å². The van der Waals surface area contributed by atoms with Crippen LogP contribution in [-0.2, 0) is 25.7 Å². The number of pyridine rings is 2. The van der Waals surface area contributed by atoms with Crippen LogP contribution in [0.15, 0.2) is 68.9 Å². The molecule has 8 heteroatoms. The minimum absolute atomic E-state index is 0.980. The van der Waals surface area contributed by atoms with Crippen molar-refractivity contribution in [2.24, 2.45) is 0 Å². The van der Waals surface area contributed by atoms with Gasteiger partial charge >= 0.3 is 0 Å². The SMILES string of the molecule is COc1cc(C)cc2c1C(=C1CCN(C)CC1)c1ncc(Br)cc1CC2.COc1cc(C)cc2c1C(=C1CCNCC1)c1ncc(Br)cc1CC2. The van der Waals surface area contributed by atoms with Crippen LogP contribution < -0.4 is 14.8 Å². The summed E-state index contributed by atoms with van der Waals surface area (Å²) < 4.78 is 13.8. The van der Waals surface area contributed by atoms with Crippen molar-refractivity contribution in [2.75, 3.05) is 47.4 Å². The maximum Gasteiger partial charge on any atom is 0.127 e. The average Bonchev–Trinajstić information content (AvgIpc) is 3.39. The minimum Gasteiger partial charge on any atom is -0.496 e. The van der Waals surface area contributed by atoms with Gasteiger partial charge in [-0.1, -0.05) is 23.3 Å². The number of hydrogen-bond donors (Lipinski definition) is 1. The summed E-state index contributed by atoms with van der Waals surface area (Å²) in [5, 5.41) is 3.47. The lowest BCUT2D eigenvalue weighted by Crippen LogP contribution is -2.27. The van der Waals surface area contributed by atoms with Crippen molar-refractivity contribution >= 4 is 43.0 Å². The summed E-state index contributed by atoms with van der Waals surface area (Å²) in [6.45, 7) is 8.58. The average molecular weight is 813 g/mol. The van der Waals surface area contributed by atoms with E-state index in [2.05, 4.69) is 99.4 Å². The molecule has 0 saturated carbocycles. The number of aryl methyl sites for hydroxylation is 6. The first-order valence-electron chi connectivity index (χ1n) is 18.2. The molecule has 0 atom stereocenters. The van der Waals surface area contributed by atoms with Crippen molar-refractivity contribution in [3.8, 4) is 11.5 Å². The van der Waals surface area contributed by atoms with Crippen LogP contribution in [0.3, 0.4) is 0 Å². The minimum atomic E-state index is 0.980. The van der Waals surface area contributed by atoms with E-state index in [4.69, 9.17) is 19.4 Å². The number of piperidine rings is 2. The molecule has 2 aromatic carbocycles.